The molecular formula is C9H15BrCaN2O2. The van der Waals surface area contributed by atoms with Gasteiger partial charge in [-0.1, -0.05) is 6.92 Å². The Hall–Kier alpha value is 0.420. The van der Waals surface area contributed by atoms with E-state index in [4.69, 9.17) is 0 Å². The summed E-state index contributed by atoms with van der Waals surface area (Å²) in [7, 11) is 0. The summed E-state index contributed by atoms with van der Waals surface area (Å²) < 4.78 is 1.66. The Kier molecular flexibility index (Phi) is 6.40. The number of aryl methyl sites for hydroxylation is 1. The average molecular weight is 303 g/mol. The molecule has 0 aliphatic carbocycles. The first-order valence-electron chi connectivity index (χ1n) is 4.50. The van der Waals surface area contributed by atoms with Gasteiger partial charge in [-0.25, -0.2) is 4.79 Å². The molecule has 1 N–H and O–H groups in total. The molecule has 0 saturated carbocycles. The number of aromatic amines is 1. The number of nitrogens with one attached hydrogen (secondary N) is 1. The summed E-state index contributed by atoms with van der Waals surface area (Å²) in [6.07, 6.45) is 0.748. The van der Waals surface area contributed by atoms with Crippen molar-refractivity contribution in [1.82, 2.24) is 9.55 Å². The van der Waals surface area contributed by atoms with Gasteiger partial charge in [0, 0.05) is 11.7 Å². The zero-order valence-electron chi connectivity index (χ0n) is 8.43. The maximum atomic E-state index is 11.7. The molecule has 0 spiro atoms. The second-order valence-electron chi connectivity index (χ2n) is 3.30. The van der Waals surface area contributed by atoms with Gasteiger partial charge in [-0.2, -0.15) is 0 Å². The zero-order chi connectivity index (χ0) is 10.9. The summed E-state index contributed by atoms with van der Waals surface area (Å²) in [5.74, 6) is 0. The number of aromatic nitrogens is 2. The second-order valence-corrected chi connectivity index (χ2v) is 4.09. The van der Waals surface area contributed by atoms with Crippen LogP contribution in [0.2, 0.25) is 0 Å². The average Bonchev–Trinajstić information content (AvgIpc) is 2.14. The molecule has 0 aromatic carbocycles. The predicted molar refractivity (Wildman–Crippen MR) is 67.3 cm³/mol. The van der Waals surface area contributed by atoms with Crippen LogP contribution < -0.4 is 11.2 Å². The fraction of sp³-hybridized carbons (Fsp3) is 0.556. The molecule has 1 rings (SSSR count). The molecule has 1 atom stereocenters. The van der Waals surface area contributed by atoms with E-state index in [-0.39, 0.29) is 55.0 Å². The van der Waals surface area contributed by atoms with Crippen LogP contribution in [0.3, 0.4) is 0 Å². The minimum absolute atomic E-state index is 0. The van der Waals surface area contributed by atoms with Crippen molar-refractivity contribution < 1.29 is 0 Å². The summed E-state index contributed by atoms with van der Waals surface area (Å²) >= 11 is 3.16. The van der Waals surface area contributed by atoms with Crippen LogP contribution >= 0.6 is 15.9 Å². The van der Waals surface area contributed by atoms with Gasteiger partial charge in [0.05, 0.1) is 0 Å². The molecule has 0 radical (unpaired) electrons. The molecule has 1 aromatic heterocycles. The molecular weight excluding hydrogens is 288 g/mol. The number of hydrogen-bond acceptors (Lipinski definition) is 2. The number of hydrogen-bond donors (Lipinski definition) is 1. The normalized spacial score (nSPS) is 12.0. The van der Waals surface area contributed by atoms with Crippen LogP contribution in [0, 0.1) is 6.92 Å². The van der Waals surface area contributed by atoms with Gasteiger partial charge >= 0.3 is 43.4 Å². The molecule has 0 amide bonds. The van der Waals surface area contributed by atoms with Gasteiger partial charge in [-0.05, 0) is 36.2 Å². The molecule has 82 valence electrons. The Balaban J connectivity index is 0.00000196. The van der Waals surface area contributed by atoms with Crippen molar-refractivity contribution in [2.75, 3.05) is 0 Å². The van der Waals surface area contributed by atoms with E-state index in [0.29, 0.717) is 10.2 Å². The van der Waals surface area contributed by atoms with Gasteiger partial charge in [0.15, 0.2) is 0 Å². The van der Waals surface area contributed by atoms with Crippen molar-refractivity contribution >= 4 is 53.7 Å². The molecule has 0 bridgehead atoms. The first kappa shape index (κ1) is 15.4. The predicted octanol–water partition coefficient (Wildman–Crippen LogP) is 0.662. The zero-order valence-corrected chi connectivity index (χ0v) is 10.0. The molecule has 0 saturated heterocycles. The van der Waals surface area contributed by atoms with Crippen molar-refractivity contribution in [3.05, 3.63) is 31.0 Å². The Bertz CT molecular complexity index is 452. The van der Waals surface area contributed by atoms with Crippen molar-refractivity contribution in [3.8, 4) is 0 Å². The van der Waals surface area contributed by atoms with Crippen LogP contribution in [0.15, 0.2) is 14.1 Å². The SMILES string of the molecule is CCC(C)n1c(=O)[nH]c(C)c(Br)c1=O.[CaH2]. The van der Waals surface area contributed by atoms with Crippen LogP contribution in [0.5, 0.6) is 0 Å². The summed E-state index contributed by atoms with van der Waals surface area (Å²) in [6.45, 7) is 5.47. The Morgan fingerprint density at radius 1 is 1.47 bits per heavy atom. The van der Waals surface area contributed by atoms with Crippen LogP contribution in [0.1, 0.15) is 32.0 Å². The van der Waals surface area contributed by atoms with Gasteiger partial charge < -0.3 is 4.98 Å². The first-order valence-corrected chi connectivity index (χ1v) is 5.29. The van der Waals surface area contributed by atoms with E-state index in [1.165, 1.54) is 4.57 Å². The number of halogens is 1. The van der Waals surface area contributed by atoms with Crippen LogP contribution in [0.25, 0.3) is 0 Å². The third-order valence-corrected chi connectivity index (χ3v) is 3.21. The van der Waals surface area contributed by atoms with Gasteiger partial charge in [-0.3, -0.25) is 9.36 Å². The van der Waals surface area contributed by atoms with E-state index >= 15 is 0 Å². The molecule has 0 aliphatic heterocycles. The van der Waals surface area contributed by atoms with Crippen LogP contribution in [0.4, 0.5) is 0 Å². The van der Waals surface area contributed by atoms with Crippen molar-refractivity contribution in [2.45, 2.75) is 33.2 Å². The Morgan fingerprint density at radius 2 is 2.00 bits per heavy atom. The molecule has 6 heteroatoms. The van der Waals surface area contributed by atoms with Gasteiger partial charge in [0.25, 0.3) is 5.56 Å². The summed E-state index contributed by atoms with van der Waals surface area (Å²) in [5.41, 5.74) is -0.0368. The molecule has 1 heterocycles. The fourth-order valence-corrected chi connectivity index (χ4v) is 1.51. The van der Waals surface area contributed by atoms with E-state index in [9.17, 15) is 9.59 Å². The minimum atomic E-state index is -0.343. The van der Waals surface area contributed by atoms with E-state index in [1.54, 1.807) is 6.92 Å². The van der Waals surface area contributed by atoms with Gasteiger partial charge in [0.1, 0.15) is 4.47 Å². The van der Waals surface area contributed by atoms with Crippen molar-refractivity contribution in [2.24, 2.45) is 0 Å². The summed E-state index contributed by atoms with van der Waals surface area (Å²) in [4.78, 5) is 25.8. The van der Waals surface area contributed by atoms with E-state index in [0.717, 1.165) is 6.42 Å². The molecule has 15 heavy (non-hydrogen) atoms. The molecule has 1 unspecified atom stereocenters. The maximum absolute atomic E-state index is 11.7. The van der Waals surface area contributed by atoms with Crippen molar-refractivity contribution in [3.63, 3.8) is 0 Å². The topological polar surface area (TPSA) is 54.9 Å². The third-order valence-electron chi connectivity index (χ3n) is 2.28. The quantitative estimate of drug-likeness (QED) is 0.816. The van der Waals surface area contributed by atoms with E-state index < -0.39 is 0 Å². The van der Waals surface area contributed by atoms with E-state index in [2.05, 4.69) is 20.9 Å². The fourth-order valence-electron chi connectivity index (χ4n) is 1.22. The van der Waals surface area contributed by atoms with Gasteiger partial charge in [-0.15, -0.1) is 0 Å². The van der Waals surface area contributed by atoms with Gasteiger partial charge in [0.2, 0.25) is 0 Å². The van der Waals surface area contributed by atoms with Crippen LogP contribution in [-0.2, 0) is 0 Å². The third kappa shape index (κ3) is 3.19. The van der Waals surface area contributed by atoms with Crippen LogP contribution in [-0.4, -0.2) is 47.3 Å². The van der Waals surface area contributed by atoms with Crippen molar-refractivity contribution in [1.29, 1.82) is 0 Å². The number of nitrogens with zero attached hydrogens (tertiary/aromatic N) is 1. The molecule has 0 aliphatic rings. The number of H-pyrrole nitrogens is 1. The Morgan fingerprint density at radius 3 is 2.47 bits per heavy atom. The summed E-state index contributed by atoms with van der Waals surface area (Å²) in [6, 6.07) is -0.0804. The first-order chi connectivity index (χ1) is 6.49. The molecule has 4 nitrogen and oxygen atoms in total. The summed E-state index contributed by atoms with van der Waals surface area (Å²) in [5, 5.41) is 0. The standard InChI is InChI=1S/C9H13BrN2O2.Ca.2H/c1-4-5(2)12-8(13)7(10)6(3)11-9(12)14;;;/h5H,4H2,1-3H3,(H,11,14);;;. The molecule has 1 aromatic rings. The Labute approximate surface area is 126 Å². The number of rotatable bonds is 2. The van der Waals surface area contributed by atoms with E-state index in [1.807, 2.05) is 13.8 Å². The molecule has 0 fully saturated rings. The second kappa shape index (κ2) is 6.23. The monoisotopic (exact) mass is 302 g/mol.